The normalized spacial score (nSPS) is 18.2. The molecule has 1 heteroatoms. The van der Waals surface area contributed by atoms with Gasteiger partial charge < -0.3 is 0 Å². The van der Waals surface area contributed by atoms with Crippen LogP contribution in [0.2, 0.25) is 5.02 Å². The highest BCUT2D eigenvalue weighted by molar-refractivity contribution is 6.30. The van der Waals surface area contributed by atoms with Gasteiger partial charge in [0.2, 0.25) is 0 Å². The van der Waals surface area contributed by atoms with Crippen LogP contribution in [0.15, 0.2) is 18.2 Å². The number of rotatable bonds is 2. The van der Waals surface area contributed by atoms with Crippen molar-refractivity contribution < 1.29 is 0 Å². The summed E-state index contributed by atoms with van der Waals surface area (Å²) in [5.74, 6) is 1.38. The minimum atomic E-state index is 0.361. The SMILES string of the molecule is CC(C)C1(C(C)C)CCc2cc(Cl)ccc21. The molecule has 1 aromatic carbocycles. The van der Waals surface area contributed by atoms with Crippen molar-refractivity contribution in [2.45, 2.75) is 46.0 Å². The van der Waals surface area contributed by atoms with Gasteiger partial charge in [-0.3, -0.25) is 0 Å². The van der Waals surface area contributed by atoms with Crippen LogP contribution in [0.25, 0.3) is 0 Å². The number of fused-ring (bicyclic) bond motifs is 1. The number of halogens is 1. The van der Waals surface area contributed by atoms with E-state index in [1.807, 2.05) is 6.07 Å². The maximum atomic E-state index is 6.08. The zero-order valence-corrected chi connectivity index (χ0v) is 11.4. The summed E-state index contributed by atoms with van der Waals surface area (Å²) in [7, 11) is 0. The van der Waals surface area contributed by atoms with Gasteiger partial charge in [-0.1, -0.05) is 45.4 Å². The predicted molar refractivity (Wildman–Crippen MR) is 71.1 cm³/mol. The lowest BCUT2D eigenvalue weighted by atomic mass is 9.65. The smallest absolute Gasteiger partial charge is 0.0408 e. The average molecular weight is 237 g/mol. The molecular formula is C15H21Cl. The minimum absolute atomic E-state index is 0.361. The number of hydrogen-bond acceptors (Lipinski definition) is 0. The summed E-state index contributed by atoms with van der Waals surface area (Å²) in [6, 6.07) is 6.46. The molecule has 1 aromatic rings. The van der Waals surface area contributed by atoms with Gasteiger partial charge in [0.25, 0.3) is 0 Å². The van der Waals surface area contributed by atoms with E-state index in [1.165, 1.54) is 18.4 Å². The molecule has 0 saturated heterocycles. The number of benzene rings is 1. The van der Waals surface area contributed by atoms with Crippen molar-refractivity contribution in [2.75, 3.05) is 0 Å². The van der Waals surface area contributed by atoms with Crippen LogP contribution in [0.4, 0.5) is 0 Å². The van der Waals surface area contributed by atoms with Crippen LogP contribution in [0, 0.1) is 11.8 Å². The third-order valence-electron chi connectivity index (χ3n) is 4.44. The first-order valence-electron chi connectivity index (χ1n) is 6.27. The van der Waals surface area contributed by atoms with Gasteiger partial charge >= 0.3 is 0 Å². The molecule has 0 radical (unpaired) electrons. The Balaban J connectivity index is 2.55. The Morgan fingerprint density at radius 2 is 1.75 bits per heavy atom. The predicted octanol–water partition coefficient (Wildman–Crippen LogP) is 4.84. The fourth-order valence-electron chi connectivity index (χ4n) is 3.57. The topological polar surface area (TPSA) is 0 Å². The van der Waals surface area contributed by atoms with Gasteiger partial charge in [-0.05, 0) is 47.9 Å². The summed E-state index contributed by atoms with van der Waals surface area (Å²) in [5, 5.41) is 0.877. The Morgan fingerprint density at radius 3 is 2.31 bits per heavy atom. The molecule has 0 spiro atoms. The molecule has 0 saturated carbocycles. The van der Waals surface area contributed by atoms with E-state index in [0.717, 1.165) is 5.02 Å². The lowest BCUT2D eigenvalue weighted by molar-refractivity contribution is 0.218. The van der Waals surface area contributed by atoms with Gasteiger partial charge in [0.05, 0.1) is 0 Å². The van der Waals surface area contributed by atoms with E-state index in [-0.39, 0.29) is 0 Å². The highest BCUT2D eigenvalue weighted by Gasteiger charge is 2.43. The Kier molecular flexibility index (Phi) is 3.05. The molecule has 0 unspecified atom stereocenters. The van der Waals surface area contributed by atoms with E-state index in [2.05, 4.69) is 39.8 Å². The van der Waals surface area contributed by atoms with Gasteiger partial charge in [-0.25, -0.2) is 0 Å². The molecule has 88 valence electrons. The second kappa shape index (κ2) is 4.07. The first-order valence-corrected chi connectivity index (χ1v) is 6.65. The maximum Gasteiger partial charge on any atom is 0.0408 e. The molecule has 16 heavy (non-hydrogen) atoms. The Hall–Kier alpha value is -0.490. The molecule has 0 bridgehead atoms. The summed E-state index contributed by atoms with van der Waals surface area (Å²) in [5.41, 5.74) is 3.37. The molecular weight excluding hydrogens is 216 g/mol. The zero-order chi connectivity index (χ0) is 11.9. The van der Waals surface area contributed by atoms with E-state index in [0.29, 0.717) is 17.3 Å². The lowest BCUT2D eigenvalue weighted by Crippen LogP contribution is -2.35. The van der Waals surface area contributed by atoms with Gasteiger partial charge in [0.15, 0.2) is 0 Å². The standard InChI is InChI=1S/C15H21Cl/c1-10(2)15(11(3)4)8-7-12-9-13(16)5-6-14(12)15/h5-6,9-11H,7-8H2,1-4H3. The molecule has 1 aliphatic rings. The van der Waals surface area contributed by atoms with E-state index in [4.69, 9.17) is 11.6 Å². The second-order valence-corrected chi connectivity index (χ2v) is 6.09. The summed E-state index contributed by atoms with van der Waals surface area (Å²) in [6.45, 7) is 9.40. The Bertz CT molecular complexity index is 382. The fraction of sp³-hybridized carbons (Fsp3) is 0.600. The molecule has 0 amide bonds. The largest absolute Gasteiger partial charge is 0.0843 e. The molecule has 0 aliphatic heterocycles. The van der Waals surface area contributed by atoms with Gasteiger partial charge in [-0.2, -0.15) is 0 Å². The van der Waals surface area contributed by atoms with E-state index in [1.54, 1.807) is 5.56 Å². The summed E-state index contributed by atoms with van der Waals surface area (Å²) < 4.78 is 0. The highest BCUT2D eigenvalue weighted by Crippen LogP contribution is 2.49. The molecule has 0 nitrogen and oxygen atoms in total. The van der Waals surface area contributed by atoms with Crippen molar-refractivity contribution >= 4 is 11.6 Å². The Morgan fingerprint density at radius 1 is 1.12 bits per heavy atom. The van der Waals surface area contributed by atoms with Gasteiger partial charge in [0, 0.05) is 10.4 Å². The van der Waals surface area contributed by atoms with Gasteiger partial charge in [-0.15, -0.1) is 0 Å². The lowest BCUT2D eigenvalue weighted by Gasteiger charge is -2.39. The second-order valence-electron chi connectivity index (χ2n) is 5.65. The van der Waals surface area contributed by atoms with Crippen LogP contribution in [0.3, 0.4) is 0 Å². The minimum Gasteiger partial charge on any atom is -0.0843 e. The quantitative estimate of drug-likeness (QED) is 0.690. The molecule has 0 heterocycles. The van der Waals surface area contributed by atoms with E-state index < -0.39 is 0 Å². The van der Waals surface area contributed by atoms with Crippen molar-refractivity contribution in [3.63, 3.8) is 0 Å². The summed E-state index contributed by atoms with van der Waals surface area (Å²) >= 11 is 6.08. The summed E-state index contributed by atoms with van der Waals surface area (Å²) in [6.07, 6.45) is 2.46. The highest BCUT2D eigenvalue weighted by atomic mass is 35.5. The monoisotopic (exact) mass is 236 g/mol. The van der Waals surface area contributed by atoms with Gasteiger partial charge in [0.1, 0.15) is 0 Å². The molecule has 0 aromatic heterocycles. The van der Waals surface area contributed by atoms with Crippen molar-refractivity contribution in [2.24, 2.45) is 11.8 Å². The van der Waals surface area contributed by atoms with Crippen LogP contribution in [-0.4, -0.2) is 0 Å². The third-order valence-corrected chi connectivity index (χ3v) is 4.67. The molecule has 1 aliphatic carbocycles. The van der Waals surface area contributed by atoms with Crippen molar-refractivity contribution in [3.05, 3.63) is 34.3 Å². The van der Waals surface area contributed by atoms with E-state index >= 15 is 0 Å². The van der Waals surface area contributed by atoms with E-state index in [9.17, 15) is 0 Å². The van der Waals surface area contributed by atoms with Crippen LogP contribution in [0.1, 0.15) is 45.2 Å². The number of aryl methyl sites for hydroxylation is 1. The maximum absolute atomic E-state index is 6.08. The molecule has 0 N–H and O–H groups in total. The van der Waals surface area contributed by atoms with Crippen molar-refractivity contribution in [1.29, 1.82) is 0 Å². The van der Waals surface area contributed by atoms with Crippen LogP contribution < -0.4 is 0 Å². The van der Waals surface area contributed by atoms with Crippen LogP contribution in [0.5, 0.6) is 0 Å². The first-order chi connectivity index (χ1) is 7.48. The molecule has 0 atom stereocenters. The zero-order valence-electron chi connectivity index (χ0n) is 10.7. The third kappa shape index (κ3) is 1.59. The van der Waals surface area contributed by atoms with Crippen LogP contribution in [-0.2, 0) is 11.8 Å². The molecule has 0 fully saturated rings. The Labute approximate surface area is 104 Å². The summed E-state index contributed by atoms with van der Waals surface area (Å²) in [4.78, 5) is 0. The average Bonchev–Trinajstić information content (AvgIpc) is 2.56. The van der Waals surface area contributed by atoms with Crippen molar-refractivity contribution in [1.82, 2.24) is 0 Å². The van der Waals surface area contributed by atoms with Crippen molar-refractivity contribution in [3.8, 4) is 0 Å². The van der Waals surface area contributed by atoms with Crippen LogP contribution >= 0.6 is 11.6 Å². The molecule has 2 rings (SSSR count). The fourth-order valence-corrected chi connectivity index (χ4v) is 3.76. The number of hydrogen-bond donors (Lipinski definition) is 0. The first kappa shape index (κ1) is 12.0.